The minimum absolute atomic E-state index is 1.10. The molecule has 74 valence electrons. The van der Waals surface area contributed by atoms with Crippen molar-refractivity contribution in [1.29, 1.82) is 0 Å². The molecule has 0 aromatic carbocycles. The van der Waals surface area contributed by atoms with E-state index in [-0.39, 0.29) is 0 Å². The Kier molecular flexibility index (Phi) is 2.31. The standard InChI is InChI=1S/C12H15NS/c1-5-10-7(2)6-13-11-8(3)9(4)14-12(10)11/h6H,5H2,1-4H3. The molecule has 0 aliphatic carbocycles. The van der Waals surface area contributed by atoms with Crippen LogP contribution in [0.2, 0.25) is 0 Å². The summed E-state index contributed by atoms with van der Waals surface area (Å²) in [5, 5.41) is 0. The number of thiophene rings is 1. The highest BCUT2D eigenvalue weighted by Crippen LogP contribution is 2.32. The van der Waals surface area contributed by atoms with Crippen LogP contribution in [0.4, 0.5) is 0 Å². The van der Waals surface area contributed by atoms with E-state index in [4.69, 9.17) is 0 Å². The molecule has 0 fully saturated rings. The summed E-state index contributed by atoms with van der Waals surface area (Å²) in [5.74, 6) is 0. The average Bonchev–Trinajstić information content (AvgIpc) is 2.43. The van der Waals surface area contributed by atoms with Crippen LogP contribution >= 0.6 is 11.3 Å². The molecule has 0 spiro atoms. The fourth-order valence-electron chi connectivity index (χ4n) is 1.83. The van der Waals surface area contributed by atoms with Crippen molar-refractivity contribution in [1.82, 2.24) is 4.98 Å². The van der Waals surface area contributed by atoms with Gasteiger partial charge in [0.2, 0.25) is 0 Å². The Bertz CT molecular complexity index is 483. The first-order valence-corrected chi connectivity index (χ1v) is 5.81. The van der Waals surface area contributed by atoms with Gasteiger partial charge in [0.05, 0.1) is 10.2 Å². The van der Waals surface area contributed by atoms with E-state index in [1.807, 2.05) is 17.5 Å². The number of hydrogen-bond donors (Lipinski definition) is 0. The molecule has 0 saturated heterocycles. The van der Waals surface area contributed by atoms with Gasteiger partial charge in [-0.15, -0.1) is 11.3 Å². The lowest BCUT2D eigenvalue weighted by atomic mass is 10.1. The smallest absolute Gasteiger partial charge is 0.0844 e. The van der Waals surface area contributed by atoms with Crippen LogP contribution in [-0.2, 0) is 6.42 Å². The largest absolute Gasteiger partial charge is 0.255 e. The normalized spacial score (nSPS) is 11.1. The van der Waals surface area contributed by atoms with Crippen molar-refractivity contribution in [3.63, 3.8) is 0 Å². The molecule has 2 rings (SSSR count). The van der Waals surface area contributed by atoms with Gasteiger partial charge in [0, 0.05) is 11.1 Å². The summed E-state index contributed by atoms with van der Waals surface area (Å²) in [6.45, 7) is 8.70. The number of pyridine rings is 1. The summed E-state index contributed by atoms with van der Waals surface area (Å²) in [4.78, 5) is 5.92. The number of hydrogen-bond acceptors (Lipinski definition) is 2. The zero-order valence-corrected chi connectivity index (χ0v) is 9.96. The Morgan fingerprint density at radius 1 is 1.29 bits per heavy atom. The lowest BCUT2D eigenvalue weighted by Gasteiger charge is -2.03. The minimum Gasteiger partial charge on any atom is -0.255 e. The highest BCUT2D eigenvalue weighted by Gasteiger charge is 2.10. The summed E-state index contributed by atoms with van der Waals surface area (Å²) in [7, 11) is 0. The van der Waals surface area contributed by atoms with E-state index in [2.05, 4.69) is 32.7 Å². The van der Waals surface area contributed by atoms with Gasteiger partial charge in [-0.05, 0) is 43.9 Å². The topological polar surface area (TPSA) is 12.9 Å². The Morgan fingerprint density at radius 2 is 2.00 bits per heavy atom. The molecule has 0 aliphatic heterocycles. The van der Waals surface area contributed by atoms with Crippen LogP contribution < -0.4 is 0 Å². The Balaban J connectivity index is 2.88. The van der Waals surface area contributed by atoms with E-state index >= 15 is 0 Å². The quantitative estimate of drug-likeness (QED) is 0.690. The van der Waals surface area contributed by atoms with Gasteiger partial charge in [0.1, 0.15) is 0 Å². The molecule has 0 aliphatic rings. The third-order valence-electron chi connectivity index (χ3n) is 2.84. The molecule has 1 nitrogen and oxygen atoms in total. The molecule has 0 N–H and O–H groups in total. The first kappa shape index (κ1) is 9.66. The molecule has 14 heavy (non-hydrogen) atoms. The summed E-state index contributed by atoms with van der Waals surface area (Å²) in [6.07, 6.45) is 3.10. The second-order valence-corrected chi connectivity index (χ2v) is 4.96. The van der Waals surface area contributed by atoms with Gasteiger partial charge in [-0.2, -0.15) is 0 Å². The van der Waals surface area contributed by atoms with Crippen molar-refractivity contribution < 1.29 is 0 Å². The Labute approximate surface area is 88.8 Å². The molecule has 0 unspecified atom stereocenters. The van der Waals surface area contributed by atoms with Crippen LogP contribution in [0.3, 0.4) is 0 Å². The molecule has 0 bridgehead atoms. The van der Waals surface area contributed by atoms with Crippen molar-refractivity contribution in [3.8, 4) is 0 Å². The SMILES string of the molecule is CCc1c(C)cnc2c(C)c(C)sc12. The second kappa shape index (κ2) is 3.35. The highest BCUT2D eigenvalue weighted by atomic mass is 32.1. The highest BCUT2D eigenvalue weighted by molar-refractivity contribution is 7.19. The van der Waals surface area contributed by atoms with Gasteiger partial charge >= 0.3 is 0 Å². The second-order valence-electron chi connectivity index (χ2n) is 3.73. The van der Waals surface area contributed by atoms with E-state index in [9.17, 15) is 0 Å². The first-order chi connectivity index (χ1) is 6.65. The van der Waals surface area contributed by atoms with Crippen molar-refractivity contribution in [2.45, 2.75) is 34.1 Å². The lowest BCUT2D eigenvalue weighted by molar-refractivity contribution is 1.12. The monoisotopic (exact) mass is 205 g/mol. The fourth-order valence-corrected chi connectivity index (χ4v) is 3.12. The van der Waals surface area contributed by atoms with Gasteiger partial charge < -0.3 is 0 Å². The van der Waals surface area contributed by atoms with Crippen LogP contribution in [-0.4, -0.2) is 4.98 Å². The van der Waals surface area contributed by atoms with Crippen LogP contribution in [0.5, 0.6) is 0 Å². The maximum absolute atomic E-state index is 4.52. The van der Waals surface area contributed by atoms with Crippen LogP contribution in [0.25, 0.3) is 10.2 Å². The number of fused-ring (bicyclic) bond motifs is 1. The number of rotatable bonds is 1. The predicted molar refractivity (Wildman–Crippen MR) is 63.2 cm³/mol. The number of aromatic nitrogens is 1. The summed E-state index contributed by atoms with van der Waals surface area (Å²) in [5.41, 5.74) is 5.34. The number of aryl methyl sites for hydroxylation is 4. The summed E-state index contributed by atoms with van der Waals surface area (Å²) >= 11 is 1.88. The molecule has 2 heteroatoms. The van der Waals surface area contributed by atoms with E-state index in [0.29, 0.717) is 0 Å². The molecule has 2 heterocycles. The van der Waals surface area contributed by atoms with Gasteiger partial charge in [0.15, 0.2) is 0 Å². The molecule has 2 aromatic rings. The van der Waals surface area contributed by atoms with Crippen LogP contribution in [0, 0.1) is 20.8 Å². The molecular formula is C12H15NS. The third-order valence-corrected chi connectivity index (χ3v) is 4.10. The van der Waals surface area contributed by atoms with Crippen molar-refractivity contribution in [2.24, 2.45) is 0 Å². The van der Waals surface area contributed by atoms with Gasteiger partial charge in [-0.25, -0.2) is 0 Å². The minimum atomic E-state index is 1.10. The van der Waals surface area contributed by atoms with E-state index in [1.54, 1.807) is 0 Å². The Morgan fingerprint density at radius 3 is 2.64 bits per heavy atom. The molecule has 0 atom stereocenters. The third kappa shape index (κ3) is 1.25. The average molecular weight is 205 g/mol. The van der Waals surface area contributed by atoms with E-state index in [1.165, 1.54) is 31.8 Å². The van der Waals surface area contributed by atoms with Gasteiger partial charge in [0.25, 0.3) is 0 Å². The van der Waals surface area contributed by atoms with Gasteiger partial charge in [-0.3, -0.25) is 4.98 Å². The lowest BCUT2D eigenvalue weighted by Crippen LogP contribution is -1.89. The van der Waals surface area contributed by atoms with Crippen LogP contribution in [0.1, 0.15) is 28.5 Å². The van der Waals surface area contributed by atoms with Crippen molar-refractivity contribution >= 4 is 21.6 Å². The zero-order chi connectivity index (χ0) is 10.3. The maximum Gasteiger partial charge on any atom is 0.0844 e. The molecule has 0 radical (unpaired) electrons. The maximum atomic E-state index is 4.52. The van der Waals surface area contributed by atoms with Crippen molar-refractivity contribution in [2.75, 3.05) is 0 Å². The van der Waals surface area contributed by atoms with Crippen molar-refractivity contribution in [3.05, 3.63) is 27.8 Å². The van der Waals surface area contributed by atoms with Crippen LogP contribution in [0.15, 0.2) is 6.20 Å². The first-order valence-electron chi connectivity index (χ1n) is 4.99. The van der Waals surface area contributed by atoms with Gasteiger partial charge in [-0.1, -0.05) is 6.92 Å². The molecular weight excluding hydrogens is 190 g/mol. The molecule has 2 aromatic heterocycles. The predicted octanol–water partition coefficient (Wildman–Crippen LogP) is 3.78. The van der Waals surface area contributed by atoms with E-state index in [0.717, 1.165) is 6.42 Å². The molecule has 0 amide bonds. The summed E-state index contributed by atoms with van der Waals surface area (Å²) in [6, 6.07) is 0. The summed E-state index contributed by atoms with van der Waals surface area (Å²) < 4.78 is 1.39. The Hall–Kier alpha value is -0.890. The zero-order valence-electron chi connectivity index (χ0n) is 9.14. The number of nitrogens with zero attached hydrogens (tertiary/aromatic N) is 1. The van der Waals surface area contributed by atoms with E-state index < -0.39 is 0 Å². The fraction of sp³-hybridized carbons (Fsp3) is 0.417. The molecule has 0 saturated carbocycles.